The molecule has 0 unspecified atom stereocenters. The number of carbonyl (C=O) groups is 1. The molecule has 0 aromatic carbocycles. The molecular formula is C9H20N2O2. The topological polar surface area (TPSA) is 50.4 Å². The van der Waals surface area contributed by atoms with Gasteiger partial charge in [-0.25, -0.2) is 4.79 Å². The molecule has 0 atom stereocenters. The van der Waals surface area contributed by atoms with E-state index in [1.54, 1.807) is 0 Å². The lowest BCUT2D eigenvalue weighted by Crippen LogP contribution is -2.37. The van der Waals surface area contributed by atoms with E-state index in [-0.39, 0.29) is 6.03 Å². The Balaban J connectivity index is 3.02. The number of ether oxygens (including phenoxy) is 1. The molecule has 0 aromatic heterocycles. The number of rotatable bonds is 7. The predicted octanol–water partition coefficient (Wildman–Crippen LogP) is 1.12. The minimum absolute atomic E-state index is 0.124. The highest BCUT2D eigenvalue weighted by atomic mass is 16.5. The van der Waals surface area contributed by atoms with E-state index in [4.69, 9.17) is 4.74 Å². The number of hydrogen-bond acceptors (Lipinski definition) is 2. The molecule has 0 aliphatic carbocycles. The van der Waals surface area contributed by atoms with Crippen molar-refractivity contribution in [2.24, 2.45) is 0 Å². The lowest BCUT2D eigenvalue weighted by Gasteiger charge is -2.05. The van der Waals surface area contributed by atoms with Crippen LogP contribution in [0.15, 0.2) is 0 Å². The van der Waals surface area contributed by atoms with E-state index in [1.165, 1.54) is 0 Å². The summed E-state index contributed by atoms with van der Waals surface area (Å²) in [5.41, 5.74) is 0. The molecule has 0 saturated carbocycles. The van der Waals surface area contributed by atoms with Crippen molar-refractivity contribution in [1.29, 1.82) is 0 Å². The quantitative estimate of drug-likeness (QED) is 0.588. The number of unbranched alkanes of at least 4 members (excludes halogenated alkanes) is 1. The molecular weight excluding hydrogens is 168 g/mol. The van der Waals surface area contributed by atoms with Crippen molar-refractivity contribution in [2.75, 3.05) is 26.3 Å². The van der Waals surface area contributed by atoms with Crippen LogP contribution >= 0.6 is 0 Å². The first-order valence-electron chi connectivity index (χ1n) is 4.90. The van der Waals surface area contributed by atoms with Crippen LogP contribution in [-0.4, -0.2) is 32.3 Å². The van der Waals surface area contributed by atoms with Crippen LogP contribution in [0.1, 0.15) is 26.7 Å². The van der Waals surface area contributed by atoms with E-state index < -0.39 is 0 Å². The molecule has 0 saturated heterocycles. The van der Waals surface area contributed by atoms with E-state index in [1.807, 2.05) is 6.92 Å². The largest absolute Gasteiger partial charge is 0.380 e. The molecule has 2 N–H and O–H groups in total. The number of amides is 2. The van der Waals surface area contributed by atoms with Gasteiger partial charge in [0.1, 0.15) is 0 Å². The number of urea groups is 1. The molecule has 0 rings (SSSR count). The summed E-state index contributed by atoms with van der Waals surface area (Å²) < 4.78 is 5.26. The minimum Gasteiger partial charge on any atom is -0.380 e. The van der Waals surface area contributed by atoms with Gasteiger partial charge in [0.05, 0.1) is 6.61 Å². The molecule has 0 aromatic rings. The van der Waals surface area contributed by atoms with Crippen LogP contribution in [0.4, 0.5) is 4.79 Å². The maximum absolute atomic E-state index is 10.9. The maximum atomic E-state index is 10.9. The summed E-state index contributed by atoms with van der Waals surface area (Å²) in [4.78, 5) is 10.9. The highest BCUT2D eigenvalue weighted by Crippen LogP contribution is 1.86. The van der Waals surface area contributed by atoms with Gasteiger partial charge in [-0.2, -0.15) is 0 Å². The fraction of sp³-hybridized carbons (Fsp3) is 0.889. The molecule has 78 valence electrons. The summed E-state index contributed by atoms with van der Waals surface area (Å²) in [7, 11) is 0. The van der Waals surface area contributed by atoms with Crippen molar-refractivity contribution in [2.45, 2.75) is 26.7 Å². The van der Waals surface area contributed by atoms with Crippen LogP contribution in [0.5, 0.6) is 0 Å². The van der Waals surface area contributed by atoms with Gasteiger partial charge in [-0.15, -0.1) is 0 Å². The third-order valence-corrected chi connectivity index (χ3v) is 1.51. The van der Waals surface area contributed by atoms with E-state index >= 15 is 0 Å². The summed E-state index contributed by atoms with van der Waals surface area (Å²) in [5, 5.41) is 5.33. The normalized spacial score (nSPS) is 9.69. The second-order valence-electron chi connectivity index (χ2n) is 2.75. The lowest BCUT2D eigenvalue weighted by atomic mass is 10.4. The van der Waals surface area contributed by atoms with Crippen molar-refractivity contribution < 1.29 is 9.53 Å². The minimum atomic E-state index is -0.124. The van der Waals surface area contributed by atoms with Gasteiger partial charge in [0.2, 0.25) is 0 Å². The number of carbonyl (C=O) groups excluding carboxylic acids is 1. The SMILES string of the molecule is CCCCOCCNC(=O)NCC. The van der Waals surface area contributed by atoms with E-state index in [0.717, 1.165) is 19.4 Å². The van der Waals surface area contributed by atoms with Crippen LogP contribution in [0, 0.1) is 0 Å². The van der Waals surface area contributed by atoms with Crippen LogP contribution in [0.25, 0.3) is 0 Å². The molecule has 0 fully saturated rings. The lowest BCUT2D eigenvalue weighted by molar-refractivity contribution is 0.133. The van der Waals surface area contributed by atoms with E-state index in [9.17, 15) is 4.79 Å². The van der Waals surface area contributed by atoms with Crippen molar-refractivity contribution in [3.05, 3.63) is 0 Å². The van der Waals surface area contributed by atoms with Gasteiger partial charge in [-0.3, -0.25) is 0 Å². The Morgan fingerprint density at radius 3 is 2.62 bits per heavy atom. The monoisotopic (exact) mass is 188 g/mol. The third kappa shape index (κ3) is 9.14. The highest BCUT2D eigenvalue weighted by molar-refractivity contribution is 5.73. The van der Waals surface area contributed by atoms with Gasteiger partial charge in [0.15, 0.2) is 0 Å². The second kappa shape index (κ2) is 9.32. The molecule has 4 nitrogen and oxygen atoms in total. The zero-order valence-corrected chi connectivity index (χ0v) is 8.56. The van der Waals surface area contributed by atoms with E-state index in [2.05, 4.69) is 17.6 Å². The Kier molecular flexibility index (Phi) is 8.77. The predicted molar refractivity (Wildman–Crippen MR) is 52.8 cm³/mol. The fourth-order valence-corrected chi connectivity index (χ4v) is 0.808. The molecule has 0 aliphatic heterocycles. The Morgan fingerprint density at radius 1 is 1.23 bits per heavy atom. The summed E-state index contributed by atoms with van der Waals surface area (Å²) >= 11 is 0. The Labute approximate surface area is 80.0 Å². The molecule has 0 heterocycles. The first kappa shape index (κ1) is 12.2. The van der Waals surface area contributed by atoms with Crippen molar-refractivity contribution in [1.82, 2.24) is 10.6 Å². The highest BCUT2D eigenvalue weighted by Gasteiger charge is 1.95. The van der Waals surface area contributed by atoms with Gasteiger partial charge < -0.3 is 15.4 Å². The molecule has 2 amide bonds. The molecule has 0 aliphatic rings. The summed E-state index contributed by atoms with van der Waals surface area (Å²) in [6.07, 6.45) is 2.23. The van der Waals surface area contributed by atoms with Gasteiger partial charge >= 0.3 is 6.03 Å². The Hall–Kier alpha value is -0.770. The second-order valence-corrected chi connectivity index (χ2v) is 2.75. The fourth-order valence-electron chi connectivity index (χ4n) is 0.808. The smallest absolute Gasteiger partial charge is 0.314 e. The van der Waals surface area contributed by atoms with Gasteiger partial charge in [-0.05, 0) is 13.3 Å². The van der Waals surface area contributed by atoms with Crippen LogP contribution in [0.2, 0.25) is 0 Å². The molecule has 13 heavy (non-hydrogen) atoms. The zero-order chi connectivity index (χ0) is 9.94. The first-order chi connectivity index (χ1) is 6.31. The average molecular weight is 188 g/mol. The van der Waals surface area contributed by atoms with Gasteiger partial charge in [0, 0.05) is 19.7 Å². The van der Waals surface area contributed by atoms with E-state index in [0.29, 0.717) is 19.7 Å². The summed E-state index contributed by atoms with van der Waals surface area (Å²) in [5.74, 6) is 0. The van der Waals surface area contributed by atoms with Gasteiger partial charge in [0.25, 0.3) is 0 Å². The van der Waals surface area contributed by atoms with Crippen molar-refractivity contribution >= 4 is 6.03 Å². The first-order valence-corrected chi connectivity index (χ1v) is 4.90. The molecule has 0 bridgehead atoms. The van der Waals surface area contributed by atoms with Crippen LogP contribution in [-0.2, 0) is 4.74 Å². The zero-order valence-electron chi connectivity index (χ0n) is 8.56. The van der Waals surface area contributed by atoms with Gasteiger partial charge in [-0.1, -0.05) is 13.3 Å². The molecule has 0 radical (unpaired) electrons. The number of nitrogens with one attached hydrogen (secondary N) is 2. The Bertz CT molecular complexity index is 129. The van der Waals surface area contributed by atoms with Crippen LogP contribution < -0.4 is 10.6 Å². The van der Waals surface area contributed by atoms with Crippen LogP contribution in [0.3, 0.4) is 0 Å². The summed E-state index contributed by atoms with van der Waals surface area (Å²) in [6.45, 7) is 6.62. The number of hydrogen-bond donors (Lipinski definition) is 2. The third-order valence-electron chi connectivity index (χ3n) is 1.51. The van der Waals surface area contributed by atoms with Crippen molar-refractivity contribution in [3.63, 3.8) is 0 Å². The average Bonchev–Trinajstić information content (AvgIpc) is 2.11. The molecule has 4 heteroatoms. The van der Waals surface area contributed by atoms with Crippen molar-refractivity contribution in [3.8, 4) is 0 Å². The maximum Gasteiger partial charge on any atom is 0.314 e. The molecule has 0 spiro atoms. The standard InChI is InChI=1S/C9H20N2O2/c1-3-5-7-13-8-6-11-9(12)10-4-2/h3-8H2,1-2H3,(H2,10,11,12). The Morgan fingerprint density at radius 2 is 2.00 bits per heavy atom. The summed E-state index contributed by atoms with van der Waals surface area (Å²) in [6, 6.07) is -0.124.